The predicted molar refractivity (Wildman–Crippen MR) is 91.7 cm³/mol. The number of hydrogen-bond acceptors (Lipinski definition) is 4. The van der Waals surface area contributed by atoms with Crippen molar-refractivity contribution in [3.05, 3.63) is 53.0 Å². The molecule has 0 aliphatic carbocycles. The van der Waals surface area contributed by atoms with Gasteiger partial charge in [-0.1, -0.05) is 31.2 Å². The Morgan fingerprint density at radius 1 is 1.09 bits per heavy atom. The van der Waals surface area contributed by atoms with Crippen LogP contribution in [0.25, 0.3) is 11.2 Å². The van der Waals surface area contributed by atoms with Crippen molar-refractivity contribution in [2.75, 3.05) is 0 Å². The van der Waals surface area contributed by atoms with E-state index in [2.05, 4.69) is 29.5 Å². The molecular weight excluding hydrogens is 289 g/mol. The average Bonchev–Trinajstić information content (AvgIpc) is 2.86. The molecule has 0 amide bonds. The van der Waals surface area contributed by atoms with Gasteiger partial charge in [-0.25, -0.2) is 9.97 Å². The summed E-state index contributed by atoms with van der Waals surface area (Å²) in [5, 5.41) is 18.4. The topological polar surface area (TPSA) is 71.2 Å². The molecule has 0 saturated carbocycles. The lowest BCUT2D eigenvalue weighted by atomic mass is 9.80. The highest BCUT2D eigenvalue weighted by Gasteiger charge is 2.14. The van der Waals surface area contributed by atoms with Gasteiger partial charge >= 0.3 is 7.12 Å². The summed E-state index contributed by atoms with van der Waals surface area (Å²) in [7, 11) is -1.43. The van der Waals surface area contributed by atoms with E-state index in [1.165, 1.54) is 0 Å². The first-order valence-corrected chi connectivity index (χ1v) is 7.78. The summed E-state index contributed by atoms with van der Waals surface area (Å²) in [6, 6.07) is 9.32. The third-order valence-electron chi connectivity index (χ3n) is 4.04. The van der Waals surface area contributed by atoms with Crippen LogP contribution in [0, 0.1) is 13.8 Å². The molecule has 0 spiro atoms. The highest BCUT2D eigenvalue weighted by atomic mass is 16.4. The second kappa shape index (κ2) is 6.14. The van der Waals surface area contributed by atoms with Crippen LogP contribution < -0.4 is 5.46 Å². The van der Waals surface area contributed by atoms with E-state index >= 15 is 0 Å². The Bertz CT molecular complexity index is 841. The van der Waals surface area contributed by atoms with Crippen LogP contribution in [0.1, 0.15) is 29.6 Å². The van der Waals surface area contributed by atoms with Crippen LogP contribution in [0.3, 0.4) is 0 Å². The van der Waals surface area contributed by atoms with Crippen molar-refractivity contribution in [1.29, 1.82) is 0 Å². The number of aryl methyl sites for hydroxylation is 3. The van der Waals surface area contributed by atoms with E-state index in [1.54, 1.807) is 12.1 Å². The third kappa shape index (κ3) is 3.00. The van der Waals surface area contributed by atoms with Gasteiger partial charge in [0.2, 0.25) is 0 Å². The molecule has 5 nitrogen and oxygen atoms in total. The minimum atomic E-state index is -1.43. The van der Waals surface area contributed by atoms with Gasteiger partial charge < -0.3 is 14.6 Å². The van der Waals surface area contributed by atoms with Gasteiger partial charge in [-0.3, -0.25) is 0 Å². The van der Waals surface area contributed by atoms with E-state index < -0.39 is 7.12 Å². The van der Waals surface area contributed by atoms with Crippen LogP contribution in [-0.4, -0.2) is 31.7 Å². The van der Waals surface area contributed by atoms with E-state index in [9.17, 15) is 10.0 Å². The maximum absolute atomic E-state index is 9.19. The van der Waals surface area contributed by atoms with Gasteiger partial charge in [-0.2, -0.15) is 0 Å². The van der Waals surface area contributed by atoms with E-state index in [-0.39, 0.29) is 0 Å². The van der Waals surface area contributed by atoms with Crippen LogP contribution in [0.5, 0.6) is 0 Å². The van der Waals surface area contributed by atoms with Gasteiger partial charge in [-0.15, -0.1) is 0 Å². The molecule has 118 valence electrons. The minimum absolute atomic E-state index is 0.491. The highest BCUT2D eigenvalue weighted by molar-refractivity contribution is 6.58. The first-order valence-electron chi connectivity index (χ1n) is 7.78. The molecule has 23 heavy (non-hydrogen) atoms. The van der Waals surface area contributed by atoms with Gasteiger partial charge in [0.1, 0.15) is 11.3 Å². The van der Waals surface area contributed by atoms with E-state index in [4.69, 9.17) is 4.98 Å². The number of pyridine rings is 1. The van der Waals surface area contributed by atoms with Crippen molar-refractivity contribution >= 4 is 23.7 Å². The molecule has 0 aliphatic heterocycles. The van der Waals surface area contributed by atoms with E-state index in [0.29, 0.717) is 12.0 Å². The molecule has 2 heterocycles. The lowest BCUT2D eigenvalue weighted by molar-refractivity contribution is 0.426. The molecule has 3 aromatic rings. The fraction of sp³-hybridized carbons (Fsp3) is 0.294. The van der Waals surface area contributed by atoms with Crippen LogP contribution in [0.15, 0.2) is 30.3 Å². The number of nitrogens with zero attached hydrogens (tertiary/aromatic N) is 3. The zero-order valence-electron chi connectivity index (χ0n) is 13.6. The second-order valence-electron chi connectivity index (χ2n) is 5.84. The lowest BCUT2D eigenvalue weighted by Crippen LogP contribution is -2.29. The first kappa shape index (κ1) is 15.7. The largest absolute Gasteiger partial charge is 0.488 e. The lowest BCUT2D eigenvalue weighted by Gasteiger charge is -2.09. The number of fused-ring (bicyclic) bond motifs is 1. The summed E-state index contributed by atoms with van der Waals surface area (Å²) >= 11 is 0. The maximum Gasteiger partial charge on any atom is 0.488 e. The molecule has 0 unspecified atom stereocenters. The molecule has 3 rings (SSSR count). The standard InChI is InChI=1S/C17H20BN3O2/c1-4-15-20-16-11(2)9-12(3)19-17(16)21(15)10-13-5-7-14(8-6-13)18(22)23/h5-9,22-23H,4,10H2,1-3H3. The maximum atomic E-state index is 9.19. The minimum Gasteiger partial charge on any atom is -0.423 e. The fourth-order valence-corrected chi connectivity index (χ4v) is 2.86. The SMILES string of the molecule is CCc1nc2c(C)cc(C)nc2n1Cc1ccc(B(O)O)cc1. The predicted octanol–water partition coefficient (Wildman–Crippen LogP) is 1.34. The van der Waals surface area contributed by atoms with Crippen molar-refractivity contribution in [2.45, 2.75) is 33.7 Å². The van der Waals surface area contributed by atoms with Gasteiger partial charge in [0, 0.05) is 12.1 Å². The summed E-state index contributed by atoms with van der Waals surface area (Å²) in [6.07, 6.45) is 0.836. The van der Waals surface area contributed by atoms with Crippen molar-refractivity contribution in [2.24, 2.45) is 0 Å². The zero-order chi connectivity index (χ0) is 16.6. The molecule has 0 fully saturated rings. The number of rotatable bonds is 4. The third-order valence-corrected chi connectivity index (χ3v) is 4.04. The Kier molecular flexibility index (Phi) is 4.19. The van der Waals surface area contributed by atoms with Crippen LogP contribution in [0.2, 0.25) is 0 Å². The van der Waals surface area contributed by atoms with Gasteiger partial charge in [0.25, 0.3) is 0 Å². The molecule has 6 heteroatoms. The molecule has 1 aromatic carbocycles. The summed E-state index contributed by atoms with van der Waals surface area (Å²) in [5.41, 5.74) is 5.55. The Morgan fingerprint density at radius 2 is 1.78 bits per heavy atom. The fourth-order valence-electron chi connectivity index (χ4n) is 2.86. The molecule has 0 bridgehead atoms. The molecule has 2 aromatic heterocycles. The zero-order valence-corrected chi connectivity index (χ0v) is 13.6. The van der Waals surface area contributed by atoms with Crippen molar-refractivity contribution < 1.29 is 10.0 Å². The number of imidazole rings is 1. The van der Waals surface area contributed by atoms with E-state index in [0.717, 1.165) is 40.2 Å². The molecule has 0 radical (unpaired) electrons. The summed E-state index contributed by atoms with van der Waals surface area (Å²) < 4.78 is 2.14. The Balaban J connectivity index is 2.04. The van der Waals surface area contributed by atoms with Crippen molar-refractivity contribution in [3.63, 3.8) is 0 Å². The van der Waals surface area contributed by atoms with E-state index in [1.807, 2.05) is 19.1 Å². The quantitative estimate of drug-likeness (QED) is 0.714. The monoisotopic (exact) mass is 309 g/mol. The van der Waals surface area contributed by atoms with Gasteiger partial charge in [0.15, 0.2) is 5.65 Å². The van der Waals surface area contributed by atoms with Crippen LogP contribution in [-0.2, 0) is 13.0 Å². The highest BCUT2D eigenvalue weighted by Crippen LogP contribution is 2.20. The van der Waals surface area contributed by atoms with Crippen molar-refractivity contribution in [3.8, 4) is 0 Å². The normalized spacial score (nSPS) is 11.2. The Labute approximate surface area is 135 Å². The smallest absolute Gasteiger partial charge is 0.423 e. The number of aromatic nitrogens is 3. The molecule has 2 N–H and O–H groups in total. The van der Waals surface area contributed by atoms with Crippen LogP contribution >= 0.6 is 0 Å². The average molecular weight is 309 g/mol. The summed E-state index contributed by atoms with van der Waals surface area (Å²) in [4.78, 5) is 9.40. The molecular formula is C17H20BN3O2. The van der Waals surface area contributed by atoms with Gasteiger partial charge in [0.05, 0.1) is 6.54 Å². The number of hydrogen-bond donors (Lipinski definition) is 2. The molecule has 0 saturated heterocycles. The number of benzene rings is 1. The van der Waals surface area contributed by atoms with Gasteiger partial charge in [-0.05, 0) is 36.5 Å². The first-order chi connectivity index (χ1) is 11.0. The summed E-state index contributed by atoms with van der Waals surface area (Å²) in [5.74, 6) is 1.01. The second-order valence-corrected chi connectivity index (χ2v) is 5.84. The summed E-state index contributed by atoms with van der Waals surface area (Å²) in [6.45, 7) is 6.81. The molecule has 0 aliphatic rings. The van der Waals surface area contributed by atoms with Crippen molar-refractivity contribution in [1.82, 2.24) is 14.5 Å². The Morgan fingerprint density at radius 3 is 2.39 bits per heavy atom. The molecule has 0 atom stereocenters. The van der Waals surface area contributed by atoms with Crippen LogP contribution in [0.4, 0.5) is 0 Å². The Hall–Kier alpha value is -2.18.